The minimum atomic E-state index is -1.01. The normalized spacial score (nSPS) is 11.6. The molecule has 0 aliphatic carbocycles. The van der Waals surface area contributed by atoms with Crippen LogP contribution in [-0.2, 0) is 4.79 Å². The van der Waals surface area contributed by atoms with Crippen LogP contribution in [0.3, 0.4) is 0 Å². The molecule has 2 aromatic rings. The van der Waals surface area contributed by atoms with Gasteiger partial charge in [-0.2, -0.15) is 0 Å². The first kappa shape index (κ1) is 20.0. The van der Waals surface area contributed by atoms with Gasteiger partial charge in [-0.25, -0.2) is 8.78 Å². The molecule has 0 spiro atoms. The molecule has 0 saturated carbocycles. The number of rotatable bonds is 5. The van der Waals surface area contributed by atoms with E-state index in [1.165, 1.54) is 30.3 Å². The molecule has 1 atom stereocenters. The molecule has 0 saturated heterocycles. The Balaban J connectivity index is 2.00. The van der Waals surface area contributed by atoms with Crippen LogP contribution in [0.2, 0.25) is 0 Å². The first-order valence-electron chi connectivity index (χ1n) is 8.20. The van der Waals surface area contributed by atoms with Crippen molar-refractivity contribution in [3.8, 4) is 0 Å². The Hall–Kier alpha value is -3.29. The smallest absolute Gasteiger partial charge is 0.269 e. The predicted molar refractivity (Wildman–Crippen MR) is 94.5 cm³/mol. The van der Waals surface area contributed by atoms with E-state index in [4.69, 9.17) is 0 Å². The summed E-state index contributed by atoms with van der Waals surface area (Å²) in [7, 11) is 0. The van der Waals surface area contributed by atoms with E-state index in [1.54, 1.807) is 13.8 Å². The summed E-state index contributed by atoms with van der Waals surface area (Å²) < 4.78 is 26.6. The second-order valence-electron chi connectivity index (χ2n) is 6.13. The first-order valence-corrected chi connectivity index (χ1v) is 8.20. The average molecular weight is 375 g/mol. The number of nitrogens with one attached hydrogen (secondary N) is 3. The fourth-order valence-corrected chi connectivity index (χ4v) is 2.27. The van der Waals surface area contributed by atoms with E-state index in [0.29, 0.717) is 0 Å². The van der Waals surface area contributed by atoms with Crippen LogP contribution in [0.5, 0.6) is 0 Å². The van der Waals surface area contributed by atoms with Gasteiger partial charge in [0.25, 0.3) is 17.7 Å². The van der Waals surface area contributed by atoms with E-state index >= 15 is 0 Å². The average Bonchev–Trinajstić information content (AvgIpc) is 2.64. The van der Waals surface area contributed by atoms with Crippen LogP contribution in [0.1, 0.15) is 34.6 Å². The van der Waals surface area contributed by atoms with Gasteiger partial charge in [-0.1, -0.05) is 26.0 Å². The third-order valence-electron chi connectivity index (χ3n) is 3.76. The number of hydrogen-bond acceptors (Lipinski definition) is 3. The van der Waals surface area contributed by atoms with Crippen LogP contribution in [0.15, 0.2) is 48.5 Å². The lowest BCUT2D eigenvalue weighted by Crippen LogP contribution is -2.54. The maximum Gasteiger partial charge on any atom is 0.269 e. The van der Waals surface area contributed by atoms with Gasteiger partial charge in [0.05, 0.1) is 5.56 Å². The van der Waals surface area contributed by atoms with Gasteiger partial charge in [0.2, 0.25) is 0 Å². The second-order valence-corrected chi connectivity index (χ2v) is 6.13. The van der Waals surface area contributed by atoms with Crippen molar-refractivity contribution in [2.75, 3.05) is 0 Å². The van der Waals surface area contributed by atoms with Crippen molar-refractivity contribution in [3.63, 3.8) is 0 Å². The van der Waals surface area contributed by atoms with E-state index in [-0.39, 0.29) is 17.0 Å². The molecule has 3 amide bonds. The molecule has 8 heteroatoms. The Bertz CT molecular complexity index is 838. The Morgan fingerprint density at radius 1 is 0.852 bits per heavy atom. The highest BCUT2D eigenvalue weighted by atomic mass is 19.1. The largest absolute Gasteiger partial charge is 0.340 e. The second kappa shape index (κ2) is 8.88. The van der Waals surface area contributed by atoms with E-state index in [0.717, 1.165) is 18.2 Å². The Morgan fingerprint density at radius 3 is 2.07 bits per heavy atom. The monoisotopic (exact) mass is 375 g/mol. The number of halogens is 2. The van der Waals surface area contributed by atoms with Crippen molar-refractivity contribution in [2.24, 2.45) is 5.92 Å². The molecule has 0 radical (unpaired) electrons. The number of carbonyl (C=O) groups excluding carboxylic acids is 3. The van der Waals surface area contributed by atoms with E-state index in [9.17, 15) is 23.2 Å². The van der Waals surface area contributed by atoms with Crippen LogP contribution >= 0.6 is 0 Å². The van der Waals surface area contributed by atoms with Crippen molar-refractivity contribution in [1.82, 2.24) is 16.2 Å². The van der Waals surface area contributed by atoms with Gasteiger partial charge >= 0.3 is 0 Å². The molecule has 3 N–H and O–H groups in total. The van der Waals surface area contributed by atoms with Crippen molar-refractivity contribution in [3.05, 3.63) is 71.3 Å². The van der Waals surface area contributed by atoms with E-state index in [1.807, 2.05) is 0 Å². The summed E-state index contributed by atoms with van der Waals surface area (Å²) in [6.45, 7) is 3.38. The van der Waals surface area contributed by atoms with Crippen LogP contribution in [0, 0.1) is 17.6 Å². The van der Waals surface area contributed by atoms with Crippen LogP contribution < -0.4 is 16.2 Å². The number of hydrazine groups is 1. The summed E-state index contributed by atoms with van der Waals surface area (Å²) in [4.78, 5) is 36.5. The number of benzene rings is 2. The summed E-state index contributed by atoms with van der Waals surface area (Å²) in [5.74, 6) is -3.60. The molecule has 6 nitrogen and oxygen atoms in total. The van der Waals surface area contributed by atoms with Crippen molar-refractivity contribution in [2.45, 2.75) is 19.9 Å². The summed E-state index contributed by atoms with van der Waals surface area (Å²) >= 11 is 0. The van der Waals surface area contributed by atoms with Crippen molar-refractivity contribution >= 4 is 17.7 Å². The van der Waals surface area contributed by atoms with Crippen LogP contribution in [0.4, 0.5) is 8.78 Å². The lowest BCUT2D eigenvalue weighted by Gasteiger charge is -2.22. The first-order chi connectivity index (χ1) is 12.8. The summed E-state index contributed by atoms with van der Waals surface area (Å²) in [5, 5.41) is 2.45. The molecule has 142 valence electrons. The topological polar surface area (TPSA) is 87.3 Å². The number of hydrogen-bond donors (Lipinski definition) is 3. The summed E-state index contributed by atoms with van der Waals surface area (Å²) in [6.07, 6.45) is 0. The van der Waals surface area contributed by atoms with Gasteiger partial charge in [0, 0.05) is 5.56 Å². The summed E-state index contributed by atoms with van der Waals surface area (Å²) in [5.41, 5.74) is 4.36. The van der Waals surface area contributed by atoms with Gasteiger partial charge in [-0.15, -0.1) is 0 Å². The highest BCUT2D eigenvalue weighted by Crippen LogP contribution is 2.09. The van der Waals surface area contributed by atoms with Crippen molar-refractivity contribution < 1.29 is 23.2 Å². The molecule has 0 aliphatic rings. The maximum absolute atomic E-state index is 13.7. The van der Waals surface area contributed by atoms with Crippen molar-refractivity contribution in [1.29, 1.82) is 0 Å². The Morgan fingerprint density at radius 2 is 1.48 bits per heavy atom. The van der Waals surface area contributed by atoms with E-state index in [2.05, 4.69) is 16.2 Å². The highest BCUT2D eigenvalue weighted by molar-refractivity contribution is 5.99. The molecule has 2 rings (SSSR count). The molecule has 27 heavy (non-hydrogen) atoms. The maximum atomic E-state index is 13.7. The molecule has 0 aromatic heterocycles. The molecule has 0 unspecified atom stereocenters. The number of carbonyl (C=O) groups is 3. The van der Waals surface area contributed by atoms with Gasteiger partial charge in [-0.05, 0) is 42.3 Å². The lowest BCUT2D eigenvalue weighted by atomic mass is 10.0. The third kappa shape index (κ3) is 5.34. The zero-order valence-corrected chi connectivity index (χ0v) is 14.8. The lowest BCUT2D eigenvalue weighted by molar-refractivity contribution is -0.124. The zero-order chi connectivity index (χ0) is 20.0. The van der Waals surface area contributed by atoms with E-state index < -0.39 is 35.4 Å². The third-order valence-corrected chi connectivity index (χ3v) is 3.76. The predicted octanol–water partition coefficient (Wildman–Crippen LogP) is 2.18. The van der Waals surface area contributed by atoms with Crippen LogP contribution in [-0.4, -0.2) is 23.8 Å². The molecule has 0 aliphatic heterocycles. The zero-order valence-electron chi connectivity index (χ0n) is 14.8. The SMILES string of the molecule is CC(C)[C@H](NC(=O)c1ccccc1F)C(=O)NNC(=O)c1ccc(F)cc1. The summed E-state index contributed by atoms with van der Waals surface area (Å²) in [6, 6.07) is 9.14. The Kier molecular flexibility index (Phi) is 6.59. The fraction of sp³-hybridized carbons (Fsp3) is 0.211. The Labute approximate surface area is 154 Å². The number of amides is 3. The molecule has 0 heterocycles. The standard InChI is InChI=1S/C19H19F2N3O3/c1-11(2)16(22-18(26)14-5-3-4-6-15(14)21)19(27)24-23-17(25)12-7-9-13(20)10-8-12/h3-11,16H,1-2H3,(H,22,26)(H,23,25)(H,24,27)/t16-/m0/s1. The fourth-order valence-electron chi connectivity index (χ4n) is 2.27. The van der Waals surface area contributed by atoms with Crippen LogP contribution in [0.25, 0.3) is 0 Å². The van der Waals surface area contributed by atoms with Gasteiger partial charge < -0.3 is 5.32 Å². The molecule has 0 fully saturated rings. The molecule has 2 aromatic carbocycles. The molecule has 0 bridgehead atoms. The van der Waals surface area contributed by atoms with Gasteiger partial charge in [0.15, 0.2) is 0 Å². The minimum absolute atomic E-state index is 0.146. The van der Waals surface area contributed by atoms with Gasteiger partial charge in [0.1, 0.15) is 17.7 Å². The highest BCUT2D eigenvalue weighted by Gasteiger charge is 2.26. The molecular formula is C19H19F2N3O3. The molecular weight excluding hydrogens is 356 g/mol. The quantitative estimate of drug-likeness (QED) is 0.700. The van der Waals surface area contributed by atoms with Gasteiger partial charge in [-0.3, -0.25) is 25.2 Å². The minimum Gasteiger partial charge on any atom is -0.340 e.